The largest absolute Gasteiger partial charge is 0.481 e. The second-order valence-electron chi connectivity index (χ2n) is 5.98. The molecule has 1 unspecified atom stereocenters. The van der Waals surface area contributed by atoms with Gasteiger partial charge in [-0.25, -0.2) is 8.42 Å². The van der Waals surface area contributed by atoms with Crippen LogP contribution in [0.25, 0.3) is 0 Å². The van der Waals surface area contributed by atoms with Crippen LogP contribution in [-0.2, 0) is 19.4 Å². The first-order chi connectivity index (χ1) is 9.59. The van der Waals surface area contributed by atoms with Gasteiger partial charge >= 0.3 is 5.97 Å². The van der Waals surface area contributed by atoms with Crippen LogP contribution in [0.5, 0.6) is 0 Å². The highest BCUT2D eigenvalue weighted by Gasteiger charge is 2.37. The molecule has 0 aromatic rings. The number of carboxylic acid groups (broad SMARTS) is 1. The van der Waals surface area contributed by atoms with Gasteiger partial charge in [0.1, 0.15) is 5.37 Å². The van der Waals surface area contributed by atoms with E-state index in [4.69, 9.17) is 5.11 Å². The Kier molecular flexibility index (Phi) is 6.10. The zero-order valence-corrected chi connectivity index (χ0v) is 14.3. The van der Waals surface area contributed by atoms with Crippen LogP contribution in [0, 0.1) is 5.41 Å². The number of aliphatic carboxylic acids is 1. The van der Waals surface area contributed by atoms with Crippen molar-refractivity contribution in [3.05, 3.63) is 0 Å². The Balaban J connectivity index is 2.85. The standard InChI is InChI=1S/C13H23NO5S2/c1-4-21(18,19)11-9-20-6-5-14(11)10(15)7-13(2,3)8-12(16)17/h11H,4-9H2,1-3H3,(H,16,17). The van der Waals surface area contributed by atoms with E-state index in [0.29, 0.717) is 18.1 Å². The predicted octanol–water partition coefficient (Wildman–Crippen LogP) is 1.21. The van der Waals surface area contributed by atoms with Crippen molar-refractivity contribution < 1.29 is 23.1 Å². The molecule has 0 bridgehead atoms. The number of carboxylic acids is 1. The molecule has 1 heterocycles. The Morgan fingerprint density at radius 1 is 1.33 bits per heavy atom. The van der Waals surface area contributed by atoms with E-state index >= 15 is 0 Å². The molecule has 0 spiro atoms. The number of amides is 1. The van der Waals surface area contributed by atoms with Crippen molar-refractivity contribution in [2.24, 2.45) is 5.41 Å². The molecule has 1 atom stereocenters. The van der Waals surface area contributed by atoms with Crippen LogP contribution < -0.4 is 0 Å². The number of carbonyl (C=O) groups excluding carboxylic acids is 1. The lowest BCUT2D eigenvalue weighted by Gasteiger charge is -2.36. The second-order valence-corrected chi connectivity index (χ2v) is 9.58. The van der Waals surface area contributed by atoms with Gasteiger partial charge in [0.2, 0.25) is 5.91 Å². The Labute approximate surface area is 130 Å². The normalized spacial score (nSPS) is 20.3. The molecule has 6 nitrogen and oxygen atoms in total. The van der Waals surface area contributed by atoms with Crippen molar-refractivity contribution in [2.45, 2.75) is 39.0 Å². The highest BCUT2D eigenvalue weighted by molar-refractivity contribution is 8.01. The average Bonchev–Trinajstić information content (AvgIpc) is 2.36. The summed E-state index contributed by atoms with van der Waals surface area (Å²) >= 11 is 1.53. The summed E-state index contributed by atoms with van der Waals surface area (Å²) in [5, 5.41) is 8.08. The fourth-order valence-electron chi connectivity index (χ4n) is 2.34. The van der Waals surface area contributed by atoms with Gasteiger partial charge in [-0.05, 0) is 5.41 Å². The first-order valence-corrected chi connectivity index (χ1v) is 9.76. The van der Waals surface area contributed by atoms with Crippen LogP contribution in [0.4, 0.5) is 0 Å². The van der Waals surface area contributed by atoms with E-state index in [1.54, 1.807) is 20.8 Å². The van der Waals surface area contributed by atoms with E-state index in [-0.39, 0.29) is 24.5 Å². The fraction of sp³-hybridized carbons (Fsp3) is 0.846. The van der Waals surface area contributed by atoms with Crippen molar-refractivity contribution in [1.29, 1.82) is 0 Å². The molecule has 1 aliphatic rings. The zero-order chi connectivity index (χ0) is 16.3. The quantitative estimate of drug-likeness (QED) is 0.783. The van der Waals surface area contributed by atoms with Crippen molar-refractivity contribution in [2.75, 3.05) is 23.8 Å². The molecule has 0 aliphatic carbocycles. The Hall–Kier alpha value is -0.760. The molecule has 0 aromatic heterocycles. The number of rotatable bonds is 6. The van der Waals surface area contributed by atoms with E-state index in [9.17, 15) is 18.0 Å². The molecule has 1 N–H and O–H groups in total. The summed E-state index contributed by atoms with van der Waals surface area (Å²) in [6, 6.07) is 0. The Morgan fingerprint density at radius 3 is 2.48 bits per heavy atom. The molecule has 122 valence electrons. The van der Waals surface area contributed by atoms with E-state index in [1.165, 1.54) is 16.7 Å². The predicted molar refractivity (Wildman–Crippen MR) is 82.9 cm³/mol. The Morgan fingerprint density at radius 2 is 1.95 bits per heavy atom. The van der Waals surface area contributed by atoms with Crippen molar-refractivity contribution >= 4 is 33.5 Å². The zero-order valence-electron chi connectivity index (χ0n) is 12.7. The van der Waals surface area contributed by atoms with Gasteiger partial charge in [0.15, 0.2) is 9.84 Å². The number of carbonyl (C=O) groups is 2. The van der Waals surface area contributed by atoms with Gasteiger partial charge in [0.05, 0.1) is 6.42 Å². The molecule has 0 aromatic carbocycles. The summed E-state index contributed by atoms with van der Waals surface area (Å²) in [5.41, 5.74) is -0.686. The summed E-state index contributed by atoms with van der Waals surface area (Å²) in [6.07, 6.45) is -0.0772. The summed E-state index contributed by atoms with van der Waals surface area (Å²) in [4.78, 5) is 24.7. The molecule has 0 saturated carbocycles. The fourth-order valence-corrected chi connectivity index (χ4v) is 5.33. The first kappa shape index (κ1) is 18.3. The number of sulfone groups is 1. The minimum Gasteiger partial charge on any atom is -0.481 e. The third-order valence-corrected chi connectivity index (χ3v) is 6.77. The van der Waals surface area contributed by atoms with E-state index in [1.807, 2.05) is 0 Å². The van der Waals surface area contributed by atoms with Crippen LogP contribution >= 0.6 is 11.8 Å². The van der Waals surface area contributed by atoms with Gasteiger partial charge in [0.25, 0.3) is 0 Å². The van der Waals surface area contributed by atoms with E-state index in [0.717, 1.165) is 0 Å². The molecule has 8 heteroatoms. The van der Waals surface area contributed by atoms with Crippen molar-refractivity contribution in [1.82, 2.24) is 4.90 Å². The van der Waals surface area contributed by atoms with Crippen molar-refractivity contribution in [3.8, 4) is 0 Å². The lowest BCUT2D eigenvalue weighted by molar-refractivity contribution is -0.140. The number of hydrogen-bond acceptors (Lipinski definition) is 5. The summed E-state index contributed by atoms with van der Waals surface area (Å²) in [5.74, 6) is -0.133. The third kappa shape index (κ3) is 5.18. The van der Waals surface area contributed by atoms with Crippen LogP contribution in [-0.4, -0.2) is 59.5 Å². The van der Waals surface area contributed by atoms with E-state index < -0.39 is 26.6 Å². The van der Waals surface area contributed by atoms with Gasteiger partial charge in [-0.1, -0.05) is 20.8 Å². The van der Waals surface area contributed by atoms with Gasteiger partial charge in [0, 0.05) is 30.2 Å². The number of hydrogen-bond donors (Lipinski definition) is 1. The summed E-state index contributed by atoms with van der Waals surface area (Å²) < 4.78 is 24.2. The number of nitrogens with zero attached hydrogens (tertiary/aromatic N) is 1. The average molecular weight is 337 g/mol. The molecule has 1 rings (SSSR count). The molecular formula is C13H23NO5S2. The highest BCUT2D eigenvalue weighted by Crippen LogP contribution is 2.29. The van der Waals surface area contributed by atoms with Crippen LogP contribution in [0.15, 0.2) is 0 Å². The van der Waals surface area contributed by atoms with Crippen LogP contribution in [0.2, 0.25) is 0 Å². The van der Waals surface area contributed by atoms with Gasteiger partial charge in [-0.15, -0.1) is 0 Å². The maximum absolute atomic E-state index is 12.4. The molecular weight excluding hydrogens is 314 g/mol. The maximum atomic E-state index is 12.4. The maximum Gasteiger partial charge on any atom is 0.303 e. The number of thioether (sulfide) groups is 1. The third-order valence-electron chi connectivity index (χ3n) is 3.48. The summed E-state index contributed by atoms with van der Waals surface area (Å²) in [6.45, 7) is 5.39. The molecule has 0 radical (unpaired) electrons. The molecule has 1 aliphatic heterocycles. The topological polar surface area (TPSA) is 91.8 Å². The molecule has 1 fully saturated rings. The minimum atomic E-state index is -3.33. The lowest BCUT2D eigenvalue weighted by atomic mass is 9.85. The Bertz CT molecular complexity index is 501. The monoisotopic (exact) mass is 337 g/mol. The highest BCUT2D eigenvalue weighted by atomic mass is 32.2. The molecule has 21 heavy (non-hydrogen) atoms. The molecule has 1 amide bonds. The summed E-state index contributed by atoms with van der Waals surface area (Å²) in [7, 11) is -3.33. The minimum absolute atomic E-state index is 0.000521. The van der Waals surface area contributed by atoms with Gasteiger partial charge in [-0.2, -0.15) is 11.8 Å². The lowest BCUT2D eigenvalue weighted by Crippen LogP contribution is -2.51. The molecule has 1 saturated heterocycles. The smallest absolute Gasteiger partial charge is 0.303 e. The SMILES string of the molecule is CCS(=O)(=O)C1CSCCN1C(=O)CC(C)(C)CC(=O)O. The van der Waals surface area contributed by atoms with Crippen molar-refractivity contribution in [3.63, 3.8) is 0 Å². The van der Waals surface area contributed by atoms with E-state index in [2.05, 4.69) is 0 Å². The van der Waals surface area contributed by atoms with Gasteiger partial charge < -0.3 is 10.0 Å². The van der Waals surface area contributed by atoms with Gasteiger partial charge in [-0.3, -0.25) is 9.59 Å². The second kappa shape index (κ2) is 7.00. The first-order valence-electron chi connectivity index (χ1n) is 6.89. The van der Waals surface area contributed by atoms with Crippen LogP contribution in [0.3, 0.4) is 0 Å². The van der Waals surface area contributed by atoms with Crippen LogP contribution in [0.1, 0.15) is 33.6 Å².